The highest BCUT2D eigenvalue weighted by atomic mass is 16.5. The molecular formula is C22H36N2O2. The summed E-state index contributed by atoms with van der Waals surface area (Å²) in [6, 6.07) is 8.13. The van der Waals surface area contributed by atoms with Crippen LogP contribution in [-0.2, 0) is 11.2 Å². The van der Waals surface area contributed by atoms with E-state index in [2.05, 4.69) is 44.8 Å². The molecule has 2 rings (SSSR count). The molecular weight excluding hydrogens is 324 g/mol. The lowest BCUT2D eigenvalue weighted by molar-refractivity contribution is -0.134. The zero-order valence-corrected chi connectivity index (χ0v) is 17.4. The number of carbonyl (C=O) groups excluding carboxylic acids is 1. The highest BCUT2D eigenvalue weighted by molar-refractivity contribution is 5.79. The van der Waals surface area contributed by atoms with Gasteiger partial charge in [0.25, 0.3) is 0 Å². The van der Waals surface area contributed by atoms with Gasteiger partial charge in [0.2, 0.25) is 5.91 Å². The predicted molar refractivity (Wildman–Crippen MR) is 108 cm³/mol. The molecule has 1 N–H and O–H groups in total. The van der Waals surface area contributed by atoms with Crippen molar-refractivity contribution in [3.8, 4) is 5.75 Å². The molecule has 0 unspecified atom stereocenters. The molecule has 0 aliphatic carbocycles. The van der Waals surface area contributed by atoms with Gasteiger partial charge in [0.05, 0.1) is 13.5 Å². The molecule has 1 aromatic carbocycles. The normalized spacial score (nSPS) is 19.2. The minimum atomic E-state index is 0.0390. The van der Waals surface area contributed by atoms with E-state index in [-0.39, 0.29) is 17.0 Å². The number of hydrogen-bond acceptors (Lipinski definition) is 3. The number of carbonyl (C=O) groups is 1. The Kier molecular flexibility index (Phi) is 6.73. The summed E-state index contributed by atoms with van der Waals surface area (Å²) in [5, 5.41) is 3.72. The average Bonchev–Trinajstić information content (AvgIpc) is 2.53. The second-order valence-electron chi connectivity index (χ2n) is 8.92. The SMILES string of the molecule is CCCCN(C(=O)Cc1ccc(OC)cc1)C1CC(C)(C)NC(C)(C)C1. The lowest BCUT2D eigenvalue weighted by Gasteiger charge is -2.49. The molecule has 26 heavy (non-hydrogen) atoms. The van der Waals surface area contributed by atoms with Crippen LogP contribution in [0.1, 0.15) is 65.9 Å². The van der Waals surface area contributed by atoms with Crippen LogP contribution in [0, 0.1) is 0 Å². The third-order valence-corrected chi connectivity index (χ3v) is 5.20. The molecule has 1 saturated heterocycles. The highest BCUT2D eigenvalue weighted by Gasteiger charge is 2.40. The Labute approximate surface area is 159 Å². The molecule has 146 valence electrons. The number of piperidine rings is 1. The van der Waals surface area contributed by atoms with Gasteiger partial charge in [-0.2, -0.15) is 0 Å². The smallest absolute Gasteiger partial charge is 0.227 e. The van der Waals surface area contributed by atoms with E-state index in [9.17, 15) is 4.79 Å². The number of nitrogens with one attached hydrogen (secondary N) is 1. The summed E-state index contributed by atoms with van der Waals surface area (Å²) >= 11 is 0. The van der Waals surface area contributed by atoms with Crippen molar-refractivity contribution in [2.24, 2.45) is 0 Å². The summed E-state index contributed by atoms with van der Waals surface area (Å²) < 4.78 is 5.21. The minimum Gasteiger partial charge on any atom is -0.497 e. The van der Waals surface area contributed by atoms with Gasteiger partial charge in [-0.25, -0.2) is 0 Å². The molecule has 0 bridgehead atoms. The number of unbranched alkanes of at least 4 members (excludes halogenated alkanes) is 1. The van der Waals surface area contributed by atoms with E-state index >= 15 is 0 Å². The predicted octanol–water partition coefficient (Wildman–Crippen LogP) is 4.18. The van der Waals surface area contributed by atoms with E-state index in [0.717, 1.165) is 43.5 Å². The van der Waals surface area contributed by atoms with Crippen LogP contribution in [0.4, 0.5) is 0 Å². The van der Waals surface area contributed by atoms with E-state index in [1.54, 1.807) is 7.11 Å². The first-order valence-electron chi connectivity index (χ1n) is 9.87. The van der Waals surface area contributed by atoms with Gasteiger partial charge < -0.3 is 15.0 Å². The Morgan fingerprint density at radius 3 is 2.23 bits per heavy atom. The molecule has 1 aromatic rings. The number of hydrogen-bond donors (Lipinski definition) is 1. The summed E-state index contributed by atoms with van der Waals surface area (Å²) in [5.74, 6) is 1.06. The Bertz CT molecular complexity index is 577. The standard InChI is InChI=1S/C22H36N2O2/c1-7-8-13-24(18-15-21(2,3)23-22(4,5)16-18)20(25)14-17-9-11-19(26-6)12-10-17/h9-12,18,23H,7-8,13-16H2,1-6H3. The van der Waals surface area contributed by atoms with Crippen LogP contribution in [0.2, 0.25) is 0 Å². The highest BCUT2D eigenvalue weighted by Crippen LogP contribution is 2.32. The lowest BCUT2D eigenvalue weighted by Crippen LogP contribution is -2.63. The van der Waals surface area contributed by atoms with Gasteiger partial charge in [0.15, 0.2) is 0 Å². The molecule has 4 nitrogen and oxygen atoms in total. The van der Waals surface area contributed by atoms with Crippen LogP contribution >= 0.6 is 0 Å². The van der Waals surface area contributed by atoms with Gasteiger partial charge in [0.1, 0.15) is 5.75 Å². The number of methoxy groups -OCH3 is 1. The summed E-state index contributed by atoms with van der Waals surface area (Å²) in [6.07, 6.45) is 4.60. The Morgan fingerprint density at radius 1 is 1.15 bits per heavy atom. The third-order valence-electron chi connectivity index (χ3n) is 5.20. The molecule has 1 heterocycles. The number of nitrogens with zero attached hydrogens (tertiary/aromatic N) is 1. The van der Waals surface area contributed by atoms with Gasteiger partial charge in [-0.3, -0.25) is 4.79 Å². The second kappa shape index (κ2) is 8.43. The maximum absolute atomic E-state index is 13.2. The minimum absolute atomic E-state index is 0.0390. The molecule has 0 atom stereocenters. The Hall–Kier alpha value is -1.55. The summed E-state index contributed by atoms with van der Waals surface area (Å²) in [7, 11) is 1.66. The van der Waals surface area contributed by atoms with Gasteiger partial charge in [-0.05, 0) is 64.7 Å². The first-order valence-corrected chi connectivity index (χ1v) is 9.87. The maximum Gasteiger partial charge on any atom is 0.227 e. The van der Waals surface area contributed by atoms with Crippen LogP contribution in [0.3, 0.4) is 0 Å². The average molecular weight is 361 g/mol. The van der Waals surface area contributed by atoms with Gasteiger partial charge in [-0.1, -0.05) is 25.5 Å². The van der Waals surface area contributed by atoms with Crippen molar-refractivity contribution in [2.75, 3.05) is 13.7 Å². The first kappa shape index (κ1) is 20.8. The zero-order chi connectivity index (χ0) is 19.4. The van der Waals surface area contributed by atoms with Gasteiger partial charge in [-0.15, -0.1) is 0 Å². The molecule has 0 aromatic heterocycles. The largest absolute Gasteiger partial charge is 0.497 e. The fourth-order valence-electron chi connectivity index (χ4n) is 4.35. The van der Waals surface area contributed by atoms with E-state index in [0.29, 0.717) is 12.5 Å². The molecule has 1 fully saturated rings. The van der Waals surface area contributed by atoms with Gasteiger partial charge >= 0.3 is 0 Å². The molecule has 0 radical (unpaired) electrons. The van der Waals surface area contributed by atoms with Crippen molar-refractivity contribution in [1.82, 2.24) is 10.2 Å². The van der Waals surface area contributed by atoms with E-state index in [1.165, 1.54) is 0 Å². The number of ether oxygens (including phenoxy) is 1. The second-order valence-corrected chi connectivity index (χ2v) is 8.92. The van der Waals surface area contributed by atoms with Crippen LogP contribution in [-0.4, -0.2) is 41.6 Å². The topological polar surface area (TPSA) is 41.6 Å². The fraction of sp³-hybridized carbons (Fsp3) is 0.682. The summed E-state index contributed by atoms with van der Waals surface area (Å²) in [5.41, 5.74) is 1.12. The molecule has 1 amide bonds. The Balaban J connectivity index is 2.15. The van der Waals surface area contributed by atoms with E-state index in [4.69, 9.17) is 4.74 Å². The summed E-state index contributed by atoms with van der Waals surface area (Å²) in [4.78, 5) is 15.3. The number of benzene rings is 1. The molecule has 1 aliphatic heterocycles. The van der Waals surface area contributed by atoms with Crippen molar-refractivity contribution in [3.63, 3.8) is 0 Å². The molecule has 0 spiro atoms. The van der Waals surface area contributed by atoms with Crippen molar-refractivity contribution in [3.05, 3.63) is 29.8 Å². The quantitative estimate of drug-likeness (QED) is 0.793. The van der Waals surface area contributed by atoms with Crippen molar-refractivity contribution in [1.29, 1.82) is 0 Å². The van der Waals surface area contributed by atoms with E-state index < -0.39 is 0 Å². The van der Waals surface area contributed by atoms with Crippen molar-refractivity contribution < 1.29 is 9.53 Å². The molecule has 1 aliphatic rings. The Morgan fingerprint density at radius 2 is 1.73 bits per heavy atom. The van der Waals surface area contributed by atoms with Gasteiger partial charge in [0, 0.05) is 23.7 Å². The van der Waals surface area contributed by atoms with E-state index in [1.807, 2.05) is 24.3 Å². The molecule has 4 heteroatoms. The van der Waals surface area contributed by atoms with Crippen LogP contribution < -0.4 is 10.1 Å². The zero-order valence-electron chi connectivity index (χ0n) is 17.4. The maximum atomic E-state index is 13.2. The number of amides is 1. The van der Waals surface area contributed by atoms with Crippen LogP contribution in [0.15, 0.2) is 24.3 Å². The molecule has 0 saturated carbocycles. The monoisotopic (exact) mass is 360 g/mol. The van der Waals surface area contributed by atoms with Crippen molar-refractivity contribution >= 4 is 5.91 Å². The summed E-state index contributed by atoms with van der Waals surface area (Å²) in [6.45, 7) is 12.0. The number of rotatable bonds is 7. The first-order chi connectivity index (χ1) is 12.2. The fourth-order valence-corrected chi connectivity index (χ4v) is 4.35. The van der Waals surface area contributed by atoms with Crippen molar-refractivity contribution in [2.45, 2.75) is 83.8 Å². The lowest BCUT2D eigenvalue weighted by atomic mass is 9.79. The van der Waals surface area contributed by atoms with Crippen LogP contribution in [0.25, 0.3) is 0 Å². The van der Waals surface area contributed by atoms with Crippen LogP contribution in [0.5, 0.6) is 5.75 Å². The third kappa shape index (κ3) is 5.73.